The first kappa shape index (κ1) is 15.6. The molecule has 23 heavy (non-hydrogen) atoms. The van der Waals surface area contributed by atoms with E-state index in [2.05, 4.69) is 49.5 Å². The van der Waals surface area contributed by atoms with Gasteiger partial charge in [-0.1, -0.05) is 22.0 Å². The Morgan fingerprint density at radius 3 is 2.74 bits per heavy atom. The van der Waals surface area contributed by atoms with Crippen molar-refractivity contribution in [1.29, 1.82) is 0 Å². The number of anilines is 3. The lowest BCUT2D eigenvalue weighted by atomic mass is 10.2. The predicted octanol–water partition coefficient (Wildman–Crippen LogP) is 4.80. The number of furan rings is 1. The molecular formula is C17H17BrN4O. The highest BCUT2D eigenvalue weighted by Gasteiger charge is 2.05. The number of aryl methyl sites for hydroxylation is 2. The molecule has 0 amide bonds. The highest BCUT2D eigenvalue weighted by molar-refractivity contribution is 9.10. The predicted molar refractivity (Wildman–Crippen MR) is 95.0 cm³/mol. The number of nitrogens with zero attached hydrogens (tertiary/aromatic N) is 2. The average molecular weight is 373 g/mol. The van der Waals surface area contributed by atoms with Crippen LogP contribution >= 0.6 is 15.9 Å². The van der Waals surface area contributed by atoms with Crippen LogP contribution in [-0.4, -0.2) is 9.97 Å². The molecule has 0 aliphatic heterocycles. The fourth-order valence-electron chi connectivity index (χ4n) is 2.11. The summed E-state index contributed by atoms with van der Waals surface area (Å²) in [5, 5.41) is 6.47. The van der Waals surface area contributed by atoms with Crippen LogP contribution in [0, 0.1) is 13.8 Å². The topological polar surface area (TPSA) is 63.0 Å². The minimum atomic E-state index is 0.548. The monoisotopic (exact) mass is 372 g/mol. The van der Waals surface area contributed by atoms with Crippen LogP contribution in [0.2, 0.25) is 0 Å². The van der Waals surface area contributed by atoms with Crippen LogP contribution in [0.3, 0.4) is 0 Å². The number of nitrogens with one attached hydrogen (secondary N) is 2. The van der Waals surface area contributed by atoms with Crippen molar-refractivity contribution in [3.05, 3.63) is 64.2 Å². The average Bonchev–Trinajstić information content (AvgIpc) is 3.02. The number of hydrogen-bond acceptors (Lipinski definition) is 5. The third-order valence-corrected chi connectivity index (χ3v) is 4.15. The number of aromatic nitrogens is 2. The summed E-state index contributed by atoms with van der Waals surface area (Å²) in [6, 6.07) is 11.8. The molecule has 3 aromatic rings. The van der Waals surface area contributed by atoms with Gasteiger partial charge in [0.2, 0.25) is 5.95 Å². The minimum Gasteiger partial charge on any atom is -0.467 e. The second kappa shape index (κ2) is 6.83. The summed E-state index contributed by atoms with van der Waals surface area (Å²) >= 11 is 3.54. The molecule has 0 saturated heterocycles. The SMILES string of the molecule is Cc1cc(Nc2ccc(C)c(Br)c2)nc(NCc2ccco2)n1. The standard InChI is InChI=1S/C17H17BrN4O/c1-11-5-6-13(9-15(11)18)21-16-8-12(2)20-17(22-16)19-10-14-4-3-7-23-14/h3-9H,10H2,1-2H3,(H2,19,20,21,22). The molecule has 5 nitrogen and oxygen atoms in total. The zero-order chi connectivity index (χ0) is 16.2. The number of rotatable bonds is 5. The van der Waals surface area contributed by atoms with Crippen molar-refractivity contribution in [3.63, 3.8) is 0 Å². The lowest BCUT2D eigenvalue weighted by molar-refractivity contribution is 0.517. The van der Waals surface area contributed by atoms with Crippen LogP contribution in [0.1, 0.15) is 17.0 Å². The van der Waals surface area contributed by atoms with Gasteiger partial charge in [0.05, 0.1) is 12.8 Å². The van der Waals surface area contributed by atoms with Gasteiger partial charge in [-0.25, -0.2) is 4.98 Å². The summed E-state index contributed by atoms with van der Waals surface area (Å²) in [7, 11) is 0. The maximum absolute atomic E-state index is 5.30. The summed E-state index contributed by atoms with van der Waals surface area (Å²) in [6.45, 7) is 4.54. The molecule has 2 aromatic heterocycles. The van der Waals surface area contributed by atoms with Crippen LogP contribution in [0.25, 0.3) is 0 Å². The van der Waals surface area contributed by atoms with Gasteiger partial charge in [0.1, 0.15) is 11.6 Å². The Labute approximate surface area is 143 Å². The van der Waals surface area contributed by atoms with Crippen LogP contribution in [0.5, 0.6) is 0 Å². The summed E-state index contributed by atoms with van der Waals surface area (Å²) in [4.78, 5) is 8.88. The number of benzene rings is 1. The van der Waals surface area contributed by atoms with Gasteiger partial charge in [-0.3, -0.25) is 0 Å². The van der Waals surface area contributed by atoms with E-state index < -0.39 is 0 Å². The Morgan fingerprint density at radius 1 is 1.13 bits per heavy atom. The van der Waals surface area contributed by atoms with E-state index in [-0.39, 0.29) is 0 Å². The van der Waals surface area contributed by atoms with E-state index in [0.717, 1.165) is 27.4 Å². The van der Waals surface area contributed by atoms with E-state index in [1.165, 1.54) is 5.56 Å². The van der Waals surface area contributed by atoms with E-state index in [4.69, 9.17) is 4.42 Å². The van der Waals surface area contributed by atoms with E-state index in [1.54, 1.807) is 6.26 Å². The lowest BCUT2D eigenvalue weighted by Gasteiger charge is -2.10. The lowest BCUT2D eigenvalue weighted by Crippen LogP contribution is -2.06. The zero-order valence-corrected chi connectivity index (χ0v) is 14.5. The molecule has 0 atom stereocenters. The van der Waals surface area contributed by atoms with Gasteiger partial charge in [-0.05, 0) is 43.7 Å². The van der Waals surface area contributed by atoms with Gasteiger partial charge < -0.3 is 15.1 Å². The van der Waals surface area contributed by atoms with Gasteiger partial charge in [-0.15, -0.1) is 0 Å². The molecule has 118 valence electrons. The van der Waals surface area contributed by atoms with Gasteiger partial charge in [0.25, 0.3) is 0 Å². The van der Waals surface area contributed by atoms with Gasteiger partial charge >= 0.3 is 0 Å². The van der Waals surface area contributed by atoms with Crippen molar-refractivity contribution >= 4 is 33.4 Å². The molecule has 0 saturated carbocycles. The summed E-state index contributed by atoms with van der Waals surface area (Å²) in [5.41, 5.74) is 3.04. The molecule has 3 rings (SSSR count). The first-order valence-electron chi connectivity index (χ1n) is 7.25. The summed E-state index contributed by atoms with van der Waals surface area (Å²) in [5.74, 6) is 2.15. The molecule has 2 N–H and O–H groups in total. The van der Waals surface area contributed by atoms with Gasteiger partial charge in [0, 0.05) is 21.9 Å². The second-order valence-corrected chi connectivity index (χ2v) is 6.09. The quantitative estimate of drug-likeness (QED) is 0.672. The highest BCUT2D eigenvalue weighted by atomic mass is 79.9. The molecule has 1 aromatic carbocycles. The van der Waals surface area contributed by atoms with Gasteiger partial charge in [-0.2, -0.15) is 4.98 Å². The van der Waals surface area contributed by atoms with Crippen molar-refractivity contribution in [1.82, 2.24) is 9.97 Å². The minimum absolute atomic E-state index is 0.548. The van der Waals surface area contributed by atoms with E-state index in [9.17, 15) is 0 Å². The number of halogens is 1. The van der Waals surface area contributed by atoms with Crippen molar-refractivity contribution in [2.24, 2.45) is 0 Å². The molecule has 0 aliphatic rings. The van der Waals surface area contributed by atoms with E-state index >= 15 is 0 Å². The fraction of sp³-hybridized carbons (Fsp3) is 0.176. The van der Waals surface area contributed by atoms with Crippen molar-refractivity contribution in [2.45, 2.75) is 20.4 Å². The van der Waals surface area contributed by atoms with Crippen LogP contribution in [0.4, 0.5) is 17.5 Å². The molecule has 6 heteroatoms. The molecule has 0 fully saturated rings. The Hall–Kier alpha value is -2.34. The first-order valence-corrected chi connectivity index (χ1v) is 8.04. The van der Waals surface area contributed by atoms with Crippen molar-refractivity contribution in [3.8, 4) is 0 Å². The molecule has 0 bridgehead atoms. The van der Waals surface area contributed by atoms with Crippen molar-refractivity contribution < 1.29 is 4.42 Å². The van der Waals surface area contributed by atoms with E-state index in [0.29, 0.717) is 12.5 Å². The maximum Gasteiger partial charge on any atom is 0.225 e. The molecule has 0 unspecified atom stereocenters. The molecule has 0 spiro atoms. The van der Waals surface area contributed by atoms with E-state index in [1.807, 2.05) is 37.3 Å². The maximum atomic E-state index is 5.30. The Balaban J connectivity index is 1.75. The van der Waals surface area contributed by atoms with Crippen molar-refractivity contribution in [2.75, 3.05) is 10.6 Å². The molecular weight excluding hydrogens is 356 g/mol. The summed E-state index contributed by atoms with van der Waals surface area (Å²) in [6.07, 6.45) is 1.65. The van der Waals surface area contributed by atoms with Gasteiger partial charge in [0.15, 0.2) is 0 Å². The zero-order valence-electron chi connectivity index (χ0n) is 12.9. The Morgan fingerprint density at radius 2 is 2.00 bits per heavy atom. The first-order chi connectivity index (χ1) is 11.1. The largest absolute Gasteiger partial charge is 0.467 e. The summed E-state index contributed by atoms with van der Waals surface area (Å²) < 4.78 is 6.36. The second-order valence-electron chi connectivity index (χ2n) is 5.24. The normalized spacial score (nSPS) is 10.6. The highest BCUT2D eigenvalue weighted by Crippen LogP contribution is 2.23. The van der Waals surface area contributed by atoms with Crippen LogP contribution < -0.4 is 10.6 Å². The van der Waals surface area contributed by atoms with Crippen LogP contribution in [-0.2, 0) is 6.54 Å². The molecule has 2 heterocycles. The fourth-order valence-corrected chi connectivity index (χ4v) is 2.49. The third-order valence-electron chi connectivity index (χ3n) is 3.30. The Bertz CT molecular complexity index is 802. The smallest absolute Gasteiger partial charge is 0.225 e. The Kier molecular flexibility index (Phi) is 4.62. The number of hydrogen-bond donors (Lipinski definition) is 2. The molecule has 0 aliphatic carbocycles. The van der Waals surface area contributed by atoms with Crippen LogP contribution in [0.15, 0.2) is 51.6 Å². The molecule has 0 radical (unpaired) electrons. The third kappa shape index (κ3) is 4.10.